The van der Waals surface area contributed by atoms with Crippen LogP contribution in [0.15, 0.2) is 54.9 Å². The standard InChI is InChI=1S/C21H21ClN4O/c1-21(2)19-18(14-8-6-5-7-9-14)23-13-25(19)16-11-10-15(22)12-17(16)26(21)20(27)24(3)4/h5-13H,1-4H3. The average molecular weight is 381 g/mol. The molecule has 0 aliphatic carbocycles. The van der Waals surface area contributed by atoms with Crippen molar-refractivity contribution in [2.45, 2.75) is 19.4 Å². The van der Waals surface area contributed by atoms with Crippen LogP contribution in [0.5, 0.6) is 0 Å². The molecule has 0 spiro atoms. The van der Waals surface area contributed by atoms with Crippen LogP contribution >= 0.6 is 11.6 Å². The number of rotatable bonds is 1. The lowest BCUT2D eigenvalue weighted by molar-refractivity contribution is 0.215. The van der Waals surface area contributed by atoms with Gasteiger partial charge in [-0.2, -0.15) is 0 Å². The summed E-state index contributed by atoms with van der Waals surface area (Å²) in [6.07, 6.45) is 1.82. The number of fused-ring (bicyclic) bond motifs is 3. The van der Waals surface area contributed by atoms with Crippen LogP contribution < -0.4 is 4.90 Å². The van der Waals surface area contributed by atoms with Gasteiger partial charge in [0.1, 0.15) is 6.33 Å². The predicted octanol–water partition coefficient (Wildman–Crippen LogP) is 4.93. The lowest BCUT2D eigenvalue weighted by atomic mass is 9.90. The van der Waals surface area contributed by atoms with E-state index in [1.165, 1.54) is 0 Å². The molecule has 1 aromatic heterocycles. The van der Waals surface area contributed by atoms with Crippen LogP contribution in [-0.4, -0.2) is 34.6 Å². The minimum atomic E-state index is -0.624. The van der Waals surface area contributed by atoms with Crippen molar-refractivity contribution in [1.29, 1.82) is 0 Å². The average Bonchev–Trinajstić information content (AvgIpc) is 3.08. The molecule has 0 saturated carbocycles. The van der Waals surface area contributed by atoms with Gasteiger partial charge in [-0.05, 0) is 32.0 Å². The van der Waals surface area contributed by atoms with Crippen molar-refractivity contribution in [3.05, 3.63) is 65.6 Å². The zero-order valence-corrected chi connectivity index (χ0v) is 16.5. The number of anilines is 1. The normalized spacial score (nSPS) is 14.5. The maximum atomic E-state index is 13.1. The molecule has 138 valence electrons. The van der Waals surface area contributed by atoms with Crippen molar-refractivity contribution < 1.29 is 4.79 Å². The topological polar surface area (TPSA) is 41.4 Å². The Kier molecular flexibility index (Phi) is 4.00. The van der Waals surface area contributed by atoms with E-state index < -0.39 is 5.54 Å². The first-order chi connectivity index (χ1) is 12.8. The highest BCUT2D eigenvalue weighted by atomic mass is 35.5. The smallest absolute Gasteiger partial charge is 0.324 e. The molecule has 0 unspecified atom stereocenters. The van der Waals surface area contributed by atoms with E-state index in [0.29, 0.717) is 5.02 Å². The van der Waals surface area contributed by atoms with E-state index in [9.17, 15) is 4.79 Å². The van der Waals surface area contributed by atoms with Gasteiger partial charge in [-0.25, -0.2) is 9.78 Å². The van der Waals surface area contributed by atoms with E-state index in [0.717, 1.165) is 28.3 Å². The number of urea groups is 1. The molecule has 2 aromatic carbocycles. The highest BCUT2D eigenvalue weighted by Gasteiger charge is 2.44. The number of carbonyl (C=O) groups excluding carboxylic acids is 1. The second-order valence-corrected chi connectivity index (χ2v) is 7.82. The van der Waals surface area contributed by atoms with Crippen molar-refractivity contribution >= 4 is 23.3 Å². The third-order valence-corrected chi connectivity index (χ3v) is 5.20. The van der Waals surface area contributed by atoms with E-state index in [2.05, 4.69) is 4.57 Å². The second kappa shape index (κ2) is 6.13. The van der Waals surface area contributed by atoms with Crippen LogP contribution in [0.2, 0.25) is 5.02 Å². The van der Waals surface area contributed by atoms with Gasteiger partial charge in [0, 0.05) is 24.7 Å². The van der Waals surface area contributed by atoms with E-state index in [1.807, 2.05) is 68.7 Å². The van der Waals surface area contributed by atoms with Crippen LogP contribution in [0.1, 0.15) is 19.5 Å². The van der Waals surface area contributed by atoms with E-state index in [4.69, 9.17) is 16.6 Å². The maximum absolute atomic E-state index is 13.1. The third kappa shape index (κ3) is 2.61. The molecule has 3 aromatic rings. The summed E-state index contributed by atoms with van der Waals surface area (Å²) >= 11 is 6.27. The third-order valence-electron chi connectivity index (χ3n) is 4.97. The van der Waals surface area contributed by atoms with Crippen LogP contribution in [0.25, 0.3) is 16.9 Å². The maximum Gasteiger partial charge on any atom is 0.324 e. The minimum Gasteiger partial charge on any atom is -0.330 e. The molecule has 27 heavy (non-hydrogen) atoms. The molecular weight excluding hydrogens is 360 g/mol. The number of amides is 2. The zero-order valence-electron chi connectivity index (χ0n) is 15.8. The summed E-state index contributed by atoms with van der Waals surface area (Å²) in [4.78, 5) is 21.2. The molecule has 0 atom stereocenters. The Balaban J connectivity index is 2.03. The van der Waals surface area contributed by atoms with Crippen molar-refractivity contribution in [3.8, 4) is 16.9 Å². The SMILES string of the molecule is CN(C)C(=O)N1c2cc(Cl)ccc2-n2cnc(-c3ccccc3)c2C1(C)C. The van der Waals surface area contributed by atoms with Crippen LogP contribution in [0.3, 0.4) is 0 Å². The Morgan fingerprint density at radius 3 is 2.44 bits per heavy atom. The quantitative estimate of drug-likeness (QED) is 0.600. The summed E-state index contributed by atoms with van der Waals surface area (Å²) < 4.78 is 2.06. The number of hydrogen-bond donors (Lipinski definition) is 0. The van der Waals surface area contributed by atoms with Gasteiger partial charge in [-0.15, -0.1) is 0 Å². The van der Waals surface area contributed by atoms with Gasteiger partial charge in [0.25, 0.3) is 0 Å². The minimum absolute atomic E-state index is 0.102. The van der Waals surface area contributed by atoms with Crippen LogP contribution in [0, 0.1) is 0 Å². The molecule has 5 nitrogen and oxygen atoms in total. The molecule has 0 bridgehead atoms. The van der Waals surface area contributed by atoms with Gasteiger partial charge in [-0.3, -0.25) is 9.47 Å². The van der Waals surface area contributed by atoms with Gasteiger partial charge in [0.15, 0.2) is 0 Å². The van der Waals surface area contributed by atoms with Gasteiger partial charge in [0.2, 0.25) is 0 Å². The van der Waals surface area contributed by atoms with Gasteiger partial charge >= 0.3 is 6.03 Å². The summed E-state index contributed by atoms with van der Waals surface area (Å²) in [6.45, 7) is 4.08. The number of carbonyl (C=O) groups is 1. The van der Waals surface area contributed by atoms with Gasteiger partial charge < -0.3 is 4.90 Å². The summed E-state index contributed by atoms with van der Waals surface area (Å²) in [5.74, 6) is 0. The fourth-order valence-corrected chi connectivity index (χ4v) is 3.92. The zero-order chi connectivity index (χ0) is 19.3. The van der Waals surface area contributed by atoms with E-state index >= 15 is 0 Å². The molecule has 0 saturated heterocycles. The highest BCUT2D eigenvalue weighted by Crippen LogP contribution is 2.46. The van der Waals surface area contributed by atoms with Crippen LogP contribution in [-0.2, 0) is 5.54 Å². The van der Waals surface area contributed by atoms with E-state index in [-0.39, 0.29) is 6.03 Å². The summed E-state index contributed by atoms with van der Waals surface area (Å²) in [7, 11) is 3.51. The number of hydrogen-bond acceptors (Lipinski definition) is 2. The Hall–Kier alpha value is -2.79. The molecule has 1 aliphatic heterocycles. The lowest BCUT2D eigenvalue weighted by Gasteiger charge is -2.45. The molecule has 0 radical (unpaired) electrons. The second-order valence-electron chi connectivity index (χ2n) is 7.38. The predicted molar refractivity (Wildman–Crippen MR) is 109 cm³/mol. The largest absolute Gasteiger partial charge is 0.330 e. The molecule has 4 rings (SSSR count). The van der Waals surface area contributed by atoms with Crippen molar-refractivity contribution in [2.24, 2.45) is 0 Å². The first-order valence-electron chi connectivity index (χ1n) is 8.77. The molecule has 2 amide bonds. The van der Waals surface area contributed by atoms with Crippen molar-refractivity contribution in [3.63, 3.8) is 0 Å². The van der Waals surface area contributed by atoms with Gasteiger partial charge in [0.05, 0.1) is 28.3 Å². The molecule has 0 fully saturated rings. The summed E-state index contributed by atoms with van der Waals surface area (Å²) in [5, 5.41) is 0.591. The molecule has 2 heterocycles. The Morgan fingerprint density at radius 1 is 1.07 bits per heavy atom. The Bertz CT molecular complexity index is 1020. The van der Waals surface area contributed by atoms with Crippen LogP contribution in [0.4, 0.5) is 10.5 Å². The first-order valence-corrected chi connectivity index (χ1v) is 9.15. The fourth-order valence-electron chi connectivity index (χ4n) is 3.75. The number of benzene rings is 2. The number of nitrogens with zero attached hydrogens (tertiary/aromatic N) is 4. The number of halogens is 1. The Labute approximate surface area is 163 Å². The summed E-state index contributed by atoms with van der Waals surface area (Å²) in [6, 6.07) is 15.5. The van der Waals surface area contributed by atoms with Crippen molar-refractivity contribution in [1.82, 2.24) is 14.5 Å². The molecule has 0 N–H and O–H groups in total. The molecule has 1 aliphatic rings. The number of aromatic nitrogens is 2. The monoisotopic (exact) mass is 380 g/mol. The highest BCUT2D eigenvalue weighted by molar-refractivity contribution is 6.31. The fraction of sp³-hybridized carbons (Fsp3) is 0.238. The Morgan fingerprint density at radius 2 is 1.78 bits per heavy atom. The first kappa shape index (κ1) is 17.6. The van der Waals surface area contributed by atoms with Crippen molar-refractivity contribution in [2.75, 3.05) is 19.0 Å². The summed E-state index contributed by atoms with van der Waals surface area (Å²) in [5.41, 5.74) is 3.90. The molecular formula is C21H21ClN4O. The molecule has 6 heteroatoms. The van der Waals surface area contributed by atoms with E-state index in [1.54, 1.807) is 23.9 Å². The lowest BCUT2D eigenvalue weighted by Crippen LogP contribution is -2.53. The number of imidazole rings is 1. The van der Waals surface area contributed by atoms with Gasteiger partial charge in [-0.1, -0.05) is 41.9 Å².